The predicted octanol–water partition coefficient (Wildman–Crippen LogP) is 3.88. The smallest absolute Gasteiger partial charge is 0.387 e. The Bertz CT molecular complexity index is 844. The Morgan fingerprint density at radius 1 is 1.11 bits per heavy atom. The number of ether oxygens (including phenoxy) is 1. The molecule has 142 valence electrons. The van der Waals surface area contributed by atoms with Gasteiger partial charge in [0.25, 0.3) is 5.91 Å². The van der Waals surface area contributed by atoms with Gasteiger partial charge in [0.2, 0.25) is 0 Å². The number of carbonyl (C=O) groups is 2. The molecule has 27 heavy (non-hydrogen) atoms. The normalized spacial score (nSPS) is 19.3. The molecule has 1 fully saturated rings. The molecule has 3 rings (SSSR count). The number of rotatable bonds is 5. The van der Waals surface area contributed by atoms with Crippen molar-refractivity contribution in [2.24, 2.45) is 5.92 Å². The third kappa shape index (κ3) is 4.19. The summed E-state index contributed by atoms with van der Waals surface area (Å²) in [4.78, 5) is 25.9. The Balaban J connectivity index is 1.87. The van der Waals surface area contributed by atoms with Crippen molar-refractivity contribution in [2.45, 2.75) is 12.5 Å². The fraction of sp³-hybridized carbons (Fsp3) is 0.263. The maximum atomic E-state index is 12.8. The molecule has 1 saturated heterocycles. The summed E-state index contributed by atoms with van der Waals surface area (Å²) in [6.45, 7) is -2.93. The van der Waals surface area contributed by atoms with Crippen LogP contribution >= 0.6 is 11.6 Å². The number of hydrogen-bond donors (Lipinski definition) is 1. The van der Waals surface area contributed by atoms with Crippen LogP contribution in [-0.2, 0) is 4.79 Å². The molecule has 1 N–H and O–H groups in total. The Morgan fingerprint density at radius 3 is 2.41 bits per heavy atom. The summed E-state index contributed by atoms with van der Waals surface area (Å²) >= 11 is 5.88. The first kappa shape index (κ1) is 19.1. The molecule has 1 aliphatic heterocycles. The van der Waals surface area contributed by atoms with Crippen molar-refractivity contribution in [1.29, 1.82) is 0 Å². The van der Waals surface area contributed by atoms with Crippen molar-refractivity contribution in [2.75, 3.05) is 13.1 Å². The number of carboxylic acids is 1. The van der Waals surface area contributed by atoms with Gasteiger partial charge in [0.1, 0.15) is 5.75 Å². The van der Waals surface area contributed by atoms with Crippen LogP contribution in [-0.4, -0.2) is 41.6 Å². The molecule has 0 bridgehead atoms. The summed E-state index contributed by atoms with van der Waals surface area (Å²) in [7, 11) is 0. The molecule has 0 saturated carbocycles. The Kier molecular flexibility index (Phi) is 5.60. The molecule has 0 aromatic heterocycles. The van der Waals surface area contributed by atoms with Crippen molar-refractivity contribution in [3.8, 4) is 5.75 Å². The van der Waals surface area contributed by atoms with Gasteiger partial charge in [-0.2, -0.15) is 8.78 Å². The highest BCUT2D eigenvalue weighted by molar-refractivity contribution is 6.30. The molecule has 1 amide bonds. The average Bonchev–Trinajstić information content (AvgIpc) is 3.07. The quantitative estimate of drug-likeness (QED) is 0.834. The summed E-state index contributed by atoms with van der Waals surface area (Å²) in [6, 6.07) is 12.4. The molecule has 1 heterocycles. The highest BCUT2D eigenvalue weighted by Crippen LogP contribution is 2.35. The number of alkyl halides is 2. The van der Waals surface area contributed by atoms with Crippen molar-refractivity contribution in [3.63, 3.8) is 0 Å². The van der Waals surface area contributed by atoms with Crippen LogP contribution in [0.25, 0.3) is 0 Å². The number of carboxylic acid groups (broad SMARTS) is 1. The number of halogens is 3. The summed E-state index contributed by atoms with van der Waals surface area (Å²) in [5.74, 6) is -3.04. The SMILES string of the molecule is O=C(O)[C@@H]1CN(C(=O)c2ccccc2OC(F)F)C[C@H]1c1ccc(Cl)cc1. The minimum atomic E-state index is -3.06. The molecular weight excluding hydrogens is 380 g/mol. The van der Waals surface area contributed by atoms with E-state index in [1.807, 2.05) is 0 Å². The molecule has 1 aliphatic rings. The highest BCUT2D eigenvalue weighted by atomic mass is 35.5. The van der Waals surface area contributed by atoms with Gasteiger partial charge in [0.15, 0.2) is 0 Å². The third-order valence-corrected chi connectivity index (χ3v) is 4.81. The summed E-state index contributed by atoms with van der Waals surface area (Å²) in [5, 5.41) is 10.1. The first-order valence-electron chi connectivity index (χ1n) is 8.18. The number of hydrogen-bond acceptors (Lipinski definition) is 3. The van der Waals surface area contributed by atoms with Crippen molar-refractivity contribution in [1.82, 2.24) is 4.90 Å². The highest BCUT2D eigenvalue weighted by Gasteiger charge is 2.41. The van der Waals surface area contributed by atoms with E-state index < -0.39 is 30.3 Å². The monoisotopic (exact) mass is 395 g/mol. The average molecular weight is 396 g/mol. The fourth-order valence-corrected chi connectivity index (χ4v) is 3.41. The topological polar surface area (TPSA) is 66.8 Å². The number of likely N-dealkylation sites (tertiary alicyclic amines) is 1. The van der Waals surface area contributed by atoms with Crippen molar-refractivity contribution in [3.05, 3.63) is 64.7 Å². The Morgan fingerprint density at radius 2 is 1.78 bits per heavy atom. The lowest BCUT2D eigenvalue weighted by Crippen LogP contribution is -2.30. The van der Waals surface area contributed by atoms with E-state index in [1.165, 1.54) is 29.2 Å². The van der Waals surface area contributed by atoms with E-state index in [9.17, 15) is 23.5 Å². The maximum Gasteiger partial charge on any atom is 0.387 e. The summed E-state index contributed by atoms with van der Waals surface area (Å²) in [5.41, 5.74) is 0.720. The van der Waals surface area contributed by atoms with E-state index in [2.05, 4.69) is 4.74 Å². The largest absolute Gasteiger partial charge is 0.481 e. The standard InChI is InChI=1S/C19H16ClF2NO4/c20-12-7-5-11(6-8-12)14-9-23(10-15(14)18(25)26)17(24)13-3-1-2-4-16(13)27-19(21)22/h1-8,14-15,19H,9-10H2,(H,25,26)/t14-,15+/m0/s1. The van der Waals surface area contributed by atoms with E-state index >= 15 is 0 Å². The van der Waals surface area contributed by atoms with Gasteiger partial charge < -0.3 is 14.7 Å². The summed E-state index contributed by atoms with van der Waals surface area (Å²) < 4.78 is 29.6. The lowest BCUT2D eigenvalue weighted by atomic mass is 9.89. The van der Waals surface area contributed by atoms with E-state index in [1.54, 1.807) is 24.3 Å². The first-order chi connectivity index (χ1) is 12.9. The maximum absolute atomic E-state index is 12.8. The Hall–Kier alpha value is -2.67. The zero-order valence-electron chi connectivity index (χ0n) is 14.0. The van der Waals surface area contributed by atoms with Crippen LogP contribution in [0, 0.1) is 5.92 Å². The van der Waals surface area contributed by atoms with Crippen LogP contribution in [0.4, 0.5) is 8.78 Å². The second-order valence-electron chi connectivity index (χ2n) is 6.19. The molecule has 8 heteroatoms. The van der Waals surface area contributed by atoms with E-state index in [4.69, 9.17) is 11.6 Å². The number of benzene rings is 2. The molecule has 0 unspecified atom stereocenters. The number of amides is 1. The van der Waals surface area contributed by atoms with Gasteiger partial charge in [-0.1, -0.05) is 35.9 Å². The van der Waals surface area contributed by atoms with Crippen LogP contribution in [0.2, 0.25) is 5.02 Å². The minimum Gasteiger partial charge on any atom is -0.481 e. The zero-order valence-corrected chi connectivity index (χ0v) is 14.8. The molecule has 2 atom stereocenters. The summed E-state index contributed by atoms with van der Waals surface area (Å²) in [6.07, 6.45) is 0. The van der Waals surface area contributed by atoms with Gasteiger partial charge in [-0.15, -0.1) is 0 Å². The molecule has 0 spiro atoms. The van der Waals surface area contributed by atoms with Gasteiger partial charge in [0, 0.05) is 24.0 Å². The lowest BCUT2D eigenvalue weighted by molar-refractivity contribution is -0.141. The number of nitrogens with zero attached hydrogens (tertiary/aromatic N) is 1. The molecular formula is C19H16ClF2NO4. The van der Waals surface area contributed by atoms with E-state index in [-0.39, 0.29) is 24.4 Å². The Labute approximate surface area is 159 Å². The van der Waals surface area contributed by atoms with Crippen LogP contribution in [0.5, 0.6) is 5.75 Å². The molecule has 0 radical (unpaired) electrons. The van der Waals surface area contributed by atoms with E-state index in [0.717, 1.165) is 5.56 Å². The van der Waals surface area contributed by atoms with Crippen LogP contribution in [0.1, 0.15) is 21.8 Å². The lowest BCUT2D eigenvalue weighted by Gasteiger charge is -2.18. The van der Waals surface area contributed by atoms with Crippen molar-refractivity contribution >= 4 is 23.5 Å². The van der Waals surface area contributed by atoms with Gasteiger partial charge in [-0.25, -0.2) is 0 Å². The second-order valence-corrected chi connectivity index (χ2v) is 6.62. The number of para-hydroxylation sites is 1. The van der Waals surface area contributed by atoms with Crippen molar-refractivity contribution < 1.29 is 28.2 Å². The van der Waals surface area contributed by atoms with Gasteiger partial charge in [-0.05, 0) is 29.8 Å². The van der Waals surface area contributed by atoms with Gasteiger partial charge >= 0.3 is 12.6 Å². The van der Waals surface area contributed by atoms with Crippen LogP contribution in [0.3, 0.4) is 0 Å². The predicted molar refractivity (Wildman–Crippen MR) is 94.3 cm³/mol. The number of aliphatic carboxylic acids is 1. The molecule has 2 aromatic rings. The van der Waals surface area contributed by atoms with Gasteiger partial charge in [0.05, 0.1) is 11.5 Å². The van der Waals surface area contributed by atoms with E-state index in [0.29, 0.717) is 5.02 Å². The molecule has 0 aliphatic carbocycles. The van der Waals surface area contributed by atoms with Crippen LogP contribution < -0.4 is 4.74 Å². The van der Waals surface area contributed by atoms with Gasteiger partial charge in [-0.3, -0.25) is 9.59 Å². The fourth-order valence-electron chi connectivity index (χ4n) is 3.28. The zero-order chi connectivity index (χ0) is 19.6. The third-order valence-electron chi connectivity index (χ3n) is 4.56. The molecule has 5 nitrogen and oxygen atoms in total. The minimum absolute atomic E-state index is 0.0233. The van der Waals surface area contributed by atoms with Crippen LogP contribution in [0.15, 0.2) is 48.5 Å². The number of carbonyl (C=O) groups excluding carboxylic acids is 1. The molecule has 2 aromatic carbocycles. The second kappa shape index (κ2) is 7.92. The first-order valence-corrected chi connectivity index (χ1v) is 8.56.